The molecule has 2 nitrogen and oxygen atoms in total. The molecule has 0 saturated heterocycles. The van der Waals surface area contributed by atoms with Gasteiger partial charge in [-0.3, -0.25) is 0 Å². The molecule has 114 valence electrons. The van der Waals surface area contributed by atoms with Crippen molar-refractivity contribution in [2.45, 2.75) is 69.9 Å². The summed E-state index contributed by atoms with van der Waals surface area (Å²) in [6.07, 6.45) is 13.6. The lowest BCUT2D eigenvalue weighted by molar-refractivity contribution is -0.0792. The minimum absolute atomic E-state index is 0.654. The van der Waals surface area contributed by atoms with Gasteiger partial charge in [0, 0.05) is 18.6 Å². The molecule has 0 radical (unpaired) electrons. The average molecular weight is 276 g/mol. The van der Waals surface area contributed by atoms with Crippen molar-refractivity contribution in [3.05, 3.63) is 0 Å². The number of likely N-dealkylation sites (N-methyl/N-ethyl adjacent to an activating group) is 2. The first-order valence-corrected chi connectivity index (χ1v) is 9.06. The highest BCUT2D eigenvalue weighted by molar-refractivity contribution is 5.06. The van der Waals surface area contributed by atoms with Crippen molar-refractivity contribution in [2.24, 2.45) is 23.2 Å². The van der Waals surface area contributed by atoms with Gasteiger partial charge in [-0.25, -0.2) is 0 Å². The van der Waals surface area contributed by atoms with E-state index in [0.717, 1.165) is 29.8 Å². The Kier molecular flexibility index (Phi) is 3.38. The number of rotatable bonds is 5. The van der Waals surface area contributed by atoms with Gasteiger partial charge in [0.05, 0.1) is 0 Å². The van der Waals surface area contributed by atoms with Crippen LogP contribution in [0.15, 0.2) is 0 Å². The van der Waals surface area contributed by atoms with Gasteiger partial charge in [-0.1, -0.05) is 6.42 Å². The van der Waals surface area contributed by atoms with E-state index in [1.54, 1.807) is 19.3 Å². The molecule has 20 heavy (non-hydrogen) atoms. The smallest absolute Gasteiger partial charge is 0.0248 e. The predicted molar refractivity (Wildman–Crippen MR) is 83.7 cm³/mol. The van der Waals surface area contributed by atoms with Crippen molar-refractivity contribution in [3.63, 3.8) is 0 Å². The molecule has 0 spiro atoms. The fraction of sp³-hybridized carbons (Fsp3) is 1.00. The fourth-order valence-electron chi connectivity index (χ4n) is 6.46. The van der Waals surface area contributed by atoms with Crippen molar-refractivity contribution in [2.75, 3.05) is 20.6 Å². The molecule has 0 aromatic carbocycles. The lowest BCUT2D eigenvalue weighted by Crippen LogP contribution is -2.59. The maximum Gasteiger partial charge on any atom is 0.0248 e. The Morgan fingerprint density at radius 2 is 1.60 bits per heavy atom. The monoisotopic (exact) mass is 276 g/mol. The van der Waals surface area contributed by atoms with E-state index in [1.165, 1.54) is 45.1 Å². The van der Waals surface area contributed by atoms with E-state index in [0.29, 0.717) is 5.41 Å². The Bertz CT molecular complexity index is 325. The molecule has 5 aliphatic carbocycles. The third-order valence-electron chi connectivity index (χ3n) is 7.34. The summed E-state index contributed by atoms with van der Waals surface area (Å²) in [7, 11) is 4.59. The molecular weight excluding hydrogens is 244 g/mol. The third-order valence-corrected chi connectivity index (χ3v) is 7.34. The molecule has 1 atom stereocenters. The zero-order chi connectivity index (χ0) is 13.7. The first-order chi connectivity index (χ1) is 9.68. The molecule has 0 amide bonds. The van der Waals surface area contributed by atoms with E-state index < -0.39 is 0 Å². The quantitative estimate of drug-likeness (QED) is 0.829. The van der Waals surface area contributed by atoms with Crippen LogP contribution in [0.4, 0.5) is 0 Å². The van der Waals surface area contributed by atoms with Gasteiger partial charge >= 0.3 is 0 Å². The molecule has 0 aromatic rings. The van der Waals surface area contributed by atoms with Crippen LogP contribution in [0.1, 0.15) is 57.8 Å². The van der Waals surface area contributed by atoms with E-state index in [-0.39, 0.29) is 0 Å². The second-order valence-electron chi connectivity index (χ2n) is 8.65. The highest BCUT2D eigenvalue weighted by Crippen LogP contribution is 2.61. The Hall–Kier alpha value is -0.0800. The van der Waals surface area contributed by atoms with Gasteiger partial charge in [0.15, 0.2) is 0 Å². The molecule has 0 heterocycles. The molecule has 4 bridgehead atoms. The molecular formula is C18H32N2. The maximum absolute atomic E-state index is 3.75. The summed E-state index contributed by atoms with van der Waals surface area (Å²) in [6.45, 7) is 1.29. The first kappa shape index (κ1) is 13.6. The predicted octanol–water partition coefficient (Wildman–Crippen LogP) is 3.28. The molecule has 2 heteroatoms. The summed E-state index contributed by atoms with van der Waals surface area (Å²) in [5, 5.41) is 3.75. The van der Waals surface area contributed by atoms with Crippen LogP contribution in [-0.4, -0.2) is 37.6 Å². The zero-order valence-electron chi connectivity index (χ0n) is 13.4. The standard InChI is InChI=1S/C18H32N2/c1-19-17(12-20(2)16-4-3-5-16)18-9-13-6-14(10-18)8-15(7-13)11-18/h13-17,19H,3-12H2,1-2H3. The van der Waals surface area contributed by atoms with Gasteiger partial charge in [0.1, 0.15) is 0 Å². The maximum atomic E-state index is 3.75. The van der Waals surface area contributed by atoms with Gasteiger partial charge in [-0.15, -0.1) is 0 Å². The Morgan fingerprint density at radius 1 is 1.05 bits per heavy atom. The third kappa shape index (κ3) is 2.14. The second-order valence-corrected chi connectivity index (χ2v) is 8.65. The number of nitrogens with one attached hydrogen (secondary N) is 1. The minimum atomic E-state index is 0.654. The lowest BCUT2D eigenvalue weighted by atomic mass is 9.47. The van der Waals surface area contributed by atoms with Crippen LogP contribution in [-0.2, 0) is 0 Å². The van der Waals surface area contributed by atoms with Crippen LogP contribution in [0.3, 0.4) is 0 Å². The van der Waals surface area contributed by atoms with Crippen LogP contribution in [0.25, 0.3) is 0 Å². The summed E-state index contributed by atoms with van der Waals surface area (Å²) in [4.78, 5) is 2.67. The molecule has 0 aliphatic heterocycles. The van der Waals surface area contributed by atoms with Crippen LogP contribution >= 0.6 is 0 Å². The second kappa shape index (κ2) is 4.98. The van der Waals surface area contributed by atoms with Gasteiger partial charge in [-0.2, -0.15) is 0 Å². The van der Waals surface area contributed by atoms with Gasteiger partial charge in [-0.05, 0) is 88.6 Å². The average Bonchev–Trinajstić information content (AvgIpc) is 2.31. The van der Waals surface area contributed by atoms with E-state index in [4.69, 9.17) is 0 Å². The largest absolute Gasteiger partial charge is 0.315 e. The molecule has 1 N–H and O–H groups in total. The van der Waals surface area contributed by atoms with Crippen molar-refractivity contribution in [1.29, 1.82) is 0 Å². The first-order valence-electron chi connectivity index (χ1n) is 9.06. The molecule has 5 saturated carbocycles. The van der Waals surface area contributed by atoms with Gasteiger partial charge in [0.25, 0.3) is 0 Å². The normalized spacial score (nSPS) is 44.9. The van der Waals surface area contributed by atoms with Crippen LogP contribution < -0.4 is 5.32 Å². The number of hydrogen-bond donors (Lipinski definition) is 1. The summed E-state index contributed by atoms with van der Waals surface area (Å²) < 4.78 is 0. The van der Waals surface area contributed by atoms with Crippen molar-refractivity contribution < 1.29 is 0 Å². The van der Waals surface area contributed by atoms with E-state index >= 15 is 0 Å². The van der Waals surface area contributed by atoms with Crippen LogP contribution in [0.2, 0.25) is 0 Å². The van der Waals surface area contributed by atoms with Crippen LogP contribution in [0, 0.1) is 23.2 Å². The highest BCUT2D eigenvalue weighted by Gasteiger charge is 2.54. The summed E-state index contributed by atoms with van der Waals surface area (Å²) in [6, 6.07) is 1.63. The lowest BCUT2D eigenvalue weighted by Gasteiger charge is -2.60. The van der Waals surface area contributed by atoms with Gasteiger partial charge < -0.3 is 10.2 Å². The molecule has 0 aromatic heterocycles. The summed E-state index contributed by atoms with van der Waals surface area (Å²) in [5.74, 6) is 3.23. The van der Waals surface area contributed by atoms with Crippen molar-refractivity contribution in [3.8, 4) is 0 Å². The van der Waals surface area contributed by atoms with Gasteiger partial charge in [0.2, 0.25) is 0 Å². The van der Waals surface area contributed by atoms with E-state index in [1.807, 2.05) is 0 Å². The molecule has 5 rings (SSSR count). The van der Waals surface area contributed by atoms with Crippen molar-refractivity contribution >= 4 is 0 Å². The summed E-state index contributed by atoms with van der Waals surface area (Å²) >= 11 is 0. The van der Waals surface area contributed by atoms with E-state index in [9.17, 15) is 0 Å². The molecule has 5 aliphatic rings. The Labute approximate surface area is 124 Å². The SMILES string of the molecule is CNC(CN(C)C1CCC1)C12CC3CC(CC(C3)C1)C2. The number of hydrogen-bond acceptors (Lipinski definition) is 2. The molecule has 5 fully saturated rings. The topological polar surface area (TPSA) is 15.3 Å². The zero-order valence-corrected chi connectivity index (χ0v) is 13.4. The molecule has 1 unspecified atom stereocenters. The number of nitrogens with zero attached hydrogens (tertiary/aromatic N) is 1. The summed E-state index contributed by atoms with van der Waals surface area (Å²) in [5.41, 5.74) is 0.654. The van der Waals surface area contributed by atoms with E-state index in [2.05, 4.69) is 24.3 Å². The minimum Gasteiger partial charge on any atom is -0.315 e. The highest BCUT2D eigenvalue weighted by atomic mass is 15.2. The Morgan fingerprint density at radius 3 is 2.00 bits per heavy atom. The van der Waals surface area contributed by atoms with Crippen LogP contribution in [0.5, 0.6) is 0 Å². The Balaban J connectivity index is 1.48. The van der Waals surface area contributed by atoms with Crippen molar-refractivity contribution in [1.82, 2.24) is 10.2 Å². The fourth-order valence-corrected chi connectivity index (χ4v) is 6.46.